The number of hydrogen-bond acceptors (Lipinski definition) is 7. The molecule has 0 amide bonds. The van der Waals surface area contributed by atoms with Crippen molar-refractivity contribution in [2.75, 3.05) is 0 Å². The number of nitrogens with zero attached hydrogens (tertiary/aromatic N) is 5. The molecule has 0 bridgehead atoms. The van der Waals surface area contributed by atoms with E-state index in [9.17, 15) is 13.2 Å². The summed E-state index contributed by atoms with van der Waals surface area (Å²) >= 11 is 1.52. The number of fused-ring (bicyclic) bond motifs is 6. The average molecular weight is 728 g/mol. The summed E-state index contributed by atoms with van der Waals surface area (Å²) in [7, 11) is 0. The summed E-state index contributed by atoms with van der Waals surface area (Å²) in [6.45, 7) is 0. The number of rotatable bonds is 5. The first kappa shape index (κ1) is 31.9. The molecule has 258 valence electrons. The van der Waals surface area contributed by atoms with E-state index in [1.165, 1.54) is 23.5 Å². The second-order valence-electron chi connectivity index (χ2n) is 12.8. The lowest BCUT2D eigenvalue weighted by Crippen LogP contribution is -2.04. The van der Waals surface area contributed by atoms with Gasteiger partial charge in [-0.25, -0.2) is 24.9 Å². The maximum absolute atomic E-state index is 13.5. The van der Waals surface area contributed by atoms with Crippen LogP contribution in [0.25, 0.3) is 99.1 Å². The number of para-hydroxylation sites is 1. The first-order chi connectivity index (χ1) is 26.4. The van der Waals surface area contributed by atoms with Crippen molar-refractivity contribution in [2.45, 2.75) is 6.18 Å². The Morgan fingerprint density at radius 3 is 1.78 bits per heavy atom. The number of aromatic nitrogens is 5. The fraction of sp³-hybridized carbons (Fsp3) is 0.0227. The van der Waals surface area contributed by atoms with E-state index in [1.807, 2.05) is 121 Å². The Labute approximate surface area is 309 Å². The van der Waals surface area contributed by atoms with Gasteiger partial charge in [0.15, 0.2) is 23.3 Å². The molecule has 0 saturated carbocycles. The molecular weight excluding hydrogens is 704 g/mol. The lowest BCUT2D eigenvalue weighted by molar-refractivity contribution is -0.137. The zero-order chi connectivity index (χ0) is 36.4. The number of alkyl halides is 3. The Balaban J connectivity index is 1.14. The standard InChI is InChI=1S/C44H24F3N5OS/c45-44(46,47)29-21-18-25(19-22-29)36-39-37(32-14-7-8-17-35(32)54-39)49-43(48-36)33-16-9-15-31-30-23-20-28(24-34(30)53-38(31)33)42-51-40(26-10-3-1-4-11-26)50-41(52-42)27-12-5-2-6-13-27/h1-24H. The van der Waals surface area contributed by atoms with Gasteiger partial charge in [-0.05, 0) is 36.4 Å². The number of thiophene rings is 1. The van der Waals surface area contributed by atoms with Crippen LogP contribution in [0.3, 0.4) is 0 Å². The van der Waals surface area contributed by atoms with Crippen molar-refractivity contribution in [2.24, 2.45) is 0 Å². The van der Waals surface area contributed by atoms with Gasteiger partial charge in [0, 0.05) is 43.1 Å². The molecular formula is C44H24F3N5OS. The third-order valence-corrected chi connectivity index (χ3v) is 10.6. The van der Waals surface area contributed by atoms with Gasteiger partial charge < -0.3 is 4.42 Å². The van der Waals surface area contributed by atoms with E-state index in [0.717, 1.165) is 59.9 Å². The molecule has 0 N–H and O–H groups in total. The number of hydrogen-bond donors (Lipinski definition) is 0. The van der Waals surface area contributed by atoms with Gasteiger partial charge in [-0.3, -0.25) is 0 Å². The maximum atomic E-state index is 13.5. The Kier molecular flexibility index (Phi) is 7.34. The van der Waals surface area contributed by atoms with Gasteiger partial charge in [0.2, 0.25) is 0 Å². The van der Waals surface area contributed by atoms with Crippen LogP contribution < -0.4 is 0 Å². The Morgan fingerprint density at radius 2 is 1.09 bits per heavy atom. The van der Waals surface area contributed by atoms with Crippen molar-refractivity contribution in [1.29, 1.82) is 0 Å². The smallest absolute Gasteiger partial charge is 0.416 e. The van der Waals surface area contributed by atoms with Gasteiger partial charge in [-0.2, -0.15) is 13.2 Å². The largest absolute Gasteiger partial charge is 0.455 e. The predicted octanol–water partition coefficient (Wildman–Crippen LogP) is 12.3. The molecule has 10 aromatic rings. The lowest BCUT2D eigenvalue weighted by atomic mass is 10.1. The van der Waals surface area contributed by atoms with Crippen LogP contribution in [0.5, 0.6) is 0 Å². The van der Waals surface area contributed by atoms with Crippen LogP contribution in [0.15, 0.2) is 150 Å². The SMILES string of the molecule is FC(F)(F)c1ccc(-c2nc(-c3cccc4c3oc3cc(-c5nc(-c6ccccc6)nc(-c6ccccc6)n5)ccc34)nc3c2sc2ccccc23)cc1. The minimum atomic E-state index is -4.45. The van der Waals surface area contributed by atoms with Crippen LogP contribution >= 0.6 is 11.3 Å². The van der Waals surface area contributed by atoms with E-state index in [-0.39, 0.29) is 0 Å². The van der Waals surface area contributed by atoms with E-state index in [4.69, 9.17) is 29.3 Å². The predicted molar refractivity (Wildman–Crippen MR) is 208 cm³/mol. The summed E-state index contributed by atoms with van der Waals surface area (Å²) in [5.41, 5.74) is 5.51. The summed E-state index contributed by atoms with van der Waals surface area (Å²) in [5, 5.41) is 2.70. The van der Waals surface area contributed by atoms with Gasteiger partial charge in [0.25, 0.3) is 0 Å². The van der Waals surface area contributed by atoms with Crippen molar-refractivity contribution in [3.63, 3.8) is 0 Å². The van der Waals surface area contributed by atoms with Crippen molar-refractivity contribution in [3.05, 3.63) is 151 Å². The zero-order valence-corrected chi connectivity index (χ0v) is 28.9. The molecule has 4 aromatic heterocycles. The van der Waals surface area contributed by atoms with E-state index >= 15 is 0 Å². The summed E-state index contributed by atoms with van der Waals surface area (Å²) in [4.78, 5) is 24.7. The van der Waals surface area contributed by atoms with E-state index in [2.05, 4.69) is 0 Å². The second kappa shape index (κ2) is 12.4. The molecule has 0 spiro atoms. The van der Waals surface area contributed by atoms with Crippen molar-refractivity contribution in [3.8, 4) is 56.8 Å². The Hall–Kier alpha value is -6.78. The Morgan fingerprint density at radius 1 is 0.481 bits per heavy atom. The van der Waals surface area contributed by atoms with Crippen LogP contribution in [-0.2, 0) is 6.18 Å². The molecule has 0 radical (unpaired) electrons. The molecule has 0 aliphatic carbocycles. The topological polar surface area (TPSA) is 77.6 Å². The summed E-state index contributed by atoms with van der Waals surface area (Å²) in [6, 6.07) is 44.4. The Bertz CT molecular complexity index is 2980. The monoisotopic (exact) mass is 727 g/mol. The summed E-state index contributed by atoms with van der Waals surface area (Å²) < 4.78 is 48.9. The van der Waals surface area contributed by atoms with Crippen molar-refractivity contribution >= 4 is 53.6 Å². The molecule has 0 unspecified atom stereocenters. The zero-order valence-electron chi connectivity index (χ0n) is 28.0. The summed E-state index contributed by atoms with van der Waals surface area (Å²) in [5.74, 6) is 2.03. The fourth-order valence-electron chi connectivity index (χ4n) is 6.78. The van der Waals surface area contributed by atoms with Gasteiger partial charge in [-0.1, -0.05) is 109 Å². The highest BCUT2D eigenvalue weighted by molar-refractivity contribution is 7.26. The summed E-state index contributed by atoms with van der Waals surface area (Å²) in [6.07, 6.45) is -4.45. The van der Waals surface area contributed by atoms with Crippen LogP contribution in [-0.4, -0.2) is 24.9 Å². The molecule has 4 heterocycles. The molecule has 0 aliphatic heterocycles. The minimum absolute atomic E-state index is 0.406. The quantitative estimate of drug-likeness (QED) is 0.176. The molecule has 6 aromatic carbocycles. The molecule has 0 fully saturated rings. The van der Waals surface area contributed by atoms with E-state index in [1.54, 1.807) is 0 Å². The molecule has 0 saturated heterocycles. The third-order valence-electron chi connectivity index (χ3n) is 9.40. The van der Waals surface area contributed by atoms with Crippen molar-refractivity contribution in [1.82, 2.24) is 24.9 Å². The number of furan rings is 1. The highest BCUT2D eigenvalue weighted by atomic mass is 32.1. The molecule has 0 atom stereocenters. The molecule has 10 rings (SSSR count). The highest BCUT2D eigenvalue weighted by Gasteiger charge is 2.30. The molecule has 10 heteroatoms. The van der Waals surface area contributed by atoms with Gasteiger partial charge in [-0.15, -0.1) is 11.3 Å². The first-order valence-electron chi connectivity index (χ1n) is 17.1. The van der Waals surface area contributed by atoms with E-state index < -0.39 is 11.7 Å². The average Bonchev–Trinajstić information content (AvgIpc) is 3.79. The normalized spacial score (nSPS) is 12.0. The van der Waals surface area contributed by atoms with Crippen molar-refractivity contribution < 1.29 is 17.6 Å². The fourth-order valence-corrected chi connectivity index (χ4v) is 7.93. The number of benzene rings is 6. The van der Waals surface area contributed by atoms with Crippen LogP contribution in [0.2, 0.25) is 0 Å². The van der Waals surface area contributed by atoms with Crippen LogP contribution in [0.1, 0.15) is 5.56 Å². The first-order valence-corrected chi connectivity index (χ1v) is 17.9. The highest BCUT2D eigenvalue weighted by Crippen LogP contribution is 2.42. The molecule has 54 heavy (non-hydrogen) atoms. The van der Waals surface area contributed by atoms with Gasteiger partial charge in [0.1, 0.15) is 11.2 Å². The van der Waals surface area contributed by atoms with E-state index in [0.29, 0.717) is 51.3 Å². The third kappa shape index (κ3) is 5.46. The maximum Gasteiger partial charge on any atom is 0.416 e. The van der Waals surface area contributed by atoms with Gasteiger partial charge in [0.05, 0.1) is 27.0 Å². The lowest BCUT2D eigenvalue weighted by Gasteiger charge is -2.10. The molecule has 0 aliphatic rings. The van der Waals surface area contributed by atoms with Gasteiger partial charge >= 0.3 is 6.18 Å². The molecule has 6 nitrogen and oxygen atoms in total. The minimum Gasteiger partial charge on any atom is -0.455 e. The number of halogens is 3. The van der Waals surface area contributed by atoms with Crippen LogP contribution in [0.4, 0.5) is 13.2 Å². The second-order valence-corrected chi connectivity index (χ2v) is 13.8. The van der Waals surface area contributed by atoms with Crippen LogP contribution in [0, 0.1) is 0 Å².